The molecular formula is C13H17NO2. The highest BCUT2D eigenvalue weighted by atomic mass is 16.4. The number of aryl methyl sites for hydroxylation is 1. The number of carboxylic acid groups (broad SMARTS) is 1. The SMILES string of the molecule is Cc1ccccc1N1CCC(C(=O)O)C1C. The van der Waals surface area contributed by atoms with E-state index in [9.17, 15) is 4.79 Å². The summed E-state index contributed by atoms with van der Waals surface area (Å²) in [4.78, 5) is 13.2. The summed E-state index contributed by atoms with van der Waals surface area (Å²) in [5, 5.41) is 9.09. The molecule has 3 nitrogen and oxygen atoms in total. The molecule has 0 spiro atoms. The molecule has 2 unspecified atom stereocenters. The lowest BCUT2D eigenvalue weighted by atomic mass is 10.0. The Morgan fingerprint density at radius 3 is 2.69 bits per heavy atom. The van der Waals surface area contributed by atoms with Crippen molar-refractivity contribution in [3.05, 3.63) is 29.8 Å². The van der Waals surface area contributed by atoms with Gasteiger partial charge in [-0.3, -0.25) is 4.79 Å². The van der Waals surface area contributed by atoms with Gasteiger partial charge in [0.05, 0.1) is 5.92 Å². The highest BCUT2D eigenvalue weighted by Crippen LogP contribution is 2.31. The molecular weight excluding hydrogens is 202 g/mol. The molecule has 1 aromatic rings. The third-order valence-electron chi connectivity index (χ3n) is 3.50. The van der Waals surface area contributed by atoms with Gasteiger partial charge in [0.15, 0.2) is 0 Å². The molecule has 0 amide bonds. The summed E-state index contributed by atoms with van der Waals surface area (Å²) in [6, 6.07) is 8.22. The van der Waals surface area contributed by atoms with Crippen molar-refractivity contribution >= 4 is 11.7 Å². The molecule has 1 aliphatic heterocycles. The van der Waals surface area contributed by atoms with Crippen molar-refractivity contribution in [3.8, 4) is 0 Å². The van der Waals surface area contributed by atoms with Gasteiger partial charge < -0.3 is 10.0 Å². The maximum absolute atomic E-state index is 11.0. The Labute approximate surface area is 95.7 Å². The standard InChI is InChI=1S/C13H17NO2/c1-9-5-3-4-6-12(9)14-8-7-11(10(14)2)13(15)16/h3-6,10-11H,7-8H2,1-2H3,(H,15,16). The van der Waals surface area contributed by atoms with Gasteiger partial charge in [-0.15, -0.1) is 0 Å². The van der Waals surface area contributed by atoms with Crippen molar-refractivity contribution in [1.82, 2.24) is 0 Å². The summed E-state index contributed by atoms with van der Waals surface area (Å²) in [7, 11) is 0. The molecule has 2 rings (SSSR count). The number of para-hydroxylation sites is 1. The number of rotatable bonds is 2. The van der Waals surface area contributed by atoms with Crippen molar-refractivity contribution in [3.63, 3.8) is 0 Å². The van der Waals surface area contributed by atoms with Crippen LogP contribution in [0, 0.1) is 12.8 Å². The van der Waals surface area contributed by atoms with Crippen LogP contribution in [0.1, 0.15) is 18.9 Å². The van der Waals surface area contributed by atoms with Crippen LogP contribution in [0.5, 0.6) is 0 Å². The van der Waals surface area contributed by atoms with Crippen LogP contribution in [-0.2, 0) is 4.79 Å². The van der Waals surface area contributed by atoms with Crippen LogP contribution in [-0.4, -0.2) is 23.7 Å². The van der Waals surface area contributed by atoms with Crippen molar-refractivity contribution in [2.45, 2.75) is 26.3 Å². The van der Waals surface area contributed by atoms with Gasteiger partial charge in [-0.05, 0) is 31.9 Å². The zero-order valence-electron chi connectivity index (χ0n) is 9.68. The Kier molecular flexibility index (Phi) is 2.86. The van der Waals surface area contributed by atoms with E-state index < -0.39 is 5.97 Å². The first kappa shape index (κ1) is 11.0. The van der Waals surface area contributed by atoms with Gasteiger partial charge in [-0.25, -0.2) is 0 Å². The van der Waals surface area contributed by atoms with Gasteiger partial charge in [0.25, 0.3) is 0 Å². The first-order valence-corrected chi connectivity index (χ1v) is 5.66. The number of nitrogens with zero attached hydrogens (tertiary/aromatic N) is 1. The third kappa shape index (κ3) is 1.77. The quantitative estimate of drug-likeness (QED) is 0.829. The first-order chi connectivity index (χ1) is 7.61. The number of anilines is 1. The monoisotopic (exact) mass is 219 g/mol. The molecule has 0 aliphatic carbocycles. The summed E-state index contributed by atoms with van der Waals surface area (Å²) >= 11 is 0. The maximum atomic E-state index is 11.0. The Bertz CT molecular complexity index is 403. The van der Waals surface area contributed by atoms with Crippen molar-refractivity contribution in [2.24, 2.45) is 5.92 Å². The van der Waals surface area contributed by atoms with Crippen LogP contribution in [0.15, 0.2) is 24.3 Å². The lowest BCUT2D eigenvalue weighted by Gasteiger charge is -2.26. The number of carbonyl (C=O) groups is 1. The first-order valence-electron chi connectivity index (χ1n) is 5.66. The summed E-state index contributed by atoms with van der Waals surface area (Å²) in [5.74, 6) is -0.914. The number of hydrogen-bond donors (Lipinski definition) is 1. The molecule has 1 N–H and O–H groups in total. The predicted molar refractivity (Wildman–Crippen MR) is 63.7 cm³/mol. The van der Waals surface area contributed by atoms with Crippen molar-refractivity contribution < 1.29 is 9.90 Å². The van der Waals surface area contributed by atoms with E-state index in [2.05, 4.69) is 24.0 Å². The Balaban J connectivity index is 2.25. The number of benzene rings is 1. The molecule has 0 bridgehead atoms. The minimum absolute atomic E-state index is 0.0820. The topological polar surface area (TPSA) is 40.5 Å². The molecule has 1 fully saturated rings. The van der Waals surface area contributed by atoms with Crippen LogP contribution in [0.25, 0.3) is 0 Å². The molecule has 1 aliphatic rings. The Morgan fingerprint density at radius 1 is 1.44 bits per heavy atom. The van der Waals surface area contributed by atoms with Crippen molar-refractivity contribution in [2.75, 3.05) is 11.4 Å². The molecule has 0 aromatic heterocycles. The van der Waals surface area contributed by atoms with Crippen LogP contribution < -0.4 is 4.90 Å². The highest BCUT2D eigenvalue weighted by Gasteiger charge is 2.35. The van der Waals surface area contributed by atoms with Gasteiger partial charge in [0.2, 0.25) is 0 Å². The van der Waals surface area contributed by atoms with Gasteiger partial charge in [0.1, 0.15) is 0 Å². The number of aliphatic carboxylic acids is 1. The molecule has 0 radical (unpaired) electrons. The van der Waals surface area contributed by atoms with E-state index in [0.717, 1.165) is 13.0 Å². The summed E-state index contributed by atoms with van der Waals surface area (Å²) in [6.45, 7) is 4.90. The smallest absolute Gasteiger partial charge is 0.308 e. The van der Waals surface area contributed by atoms with Crippen LogP contribution in [0.2, 0.25) is 0 Å². The third-order valence-corrected chi connectivity index (χ3v) is 3.50. The average molecular weight is 219 g/mol. The van der Waals surface area contributed by atoms with Crippen LogP contribution in [0.3, 0.4) is 0 Å². The zero-order chi connectivity index (χ0) is 11.7. The summed E-state index contributed by atoms with van der Waals surface area (Å²) < 4.78 is 0. The Morgan fingerprint density at radius 2 is 2.12 bits per heavy atom. The molecule has 1 aromatic carbocycles. The molecule has 86 valence electrons. The second-order valence-corrected chi connectivity index (χ2v) is 4.45. The molecule has 0 saturated carbocycles. The van der Waals surface area contributed by atoms with Gasteiger partial charge in [-0.2, -0.15) is 0 Å². The van der Waals surface area contributed by atoms with E-state index in [0.29, 0.717) is 0 Å². The average Bonchev–Trinajstić information content (AvgIpc) is 2.61. The molecule has 16 heavy (non-hydrogen) atoms. The molecule has 3 heteroatoms. The van der Waals surface area contributed by atoms with Gasteiger partial charge in [0, 0.05) is 18.3 Å². The normalized spacial score (nSPS) is 24.8. The Hall–Kier alpha value is -1.51. The van der Waals surface area contributed by atoms with E-state index in [4.69, 9.17) is 5.11 Å². The van der Waals surface area contributed by atoms with E-state index in [1.54, 1.807) is 0 Å². The minimum atomic E-state index is -0.677. The van der Waals surface area contributed by atoms with Crippen molar-refractivity contribution in [1.29, 1.82) is 0 Å². The van der Waals surface area contributed by atoms with E-state index in [1.165, 1.54) is 11.3 Å². The lowest BCUT2D eigenvalue weighted by Crippen LogP contribution is -2.33. The van der Waals surface area contributed by atoms with Crippen LogP contribution in [0.4, 0.5) is 5.69 Å². The zero-order valence-corrected chi connectivity index (χ0v) is 9.68. The molecule has 2 atom stereocenters. The van der Waals surface area contributed by atoms with E-state index in [1.807, 2.05) is 19.1 Å². The fourth-order valence-corrected chi connectivity index (χ4v) is 2.50. The highest BCUT2D eigenvalue weighted by molar-refractivity contribution is 5.73. The van der Waals surface area contributed by atoms with E-state index in [-0.39, 0.29) is 12.0 Å². The number of carboxylic acids is 1. The van der Waals surface area contributed by atoms with Gasteiger partial charge >= 0.3 is 5.97 Å². The largest absolute Gasteiger partial charge is 0.481 e. The summed E-state index contributed by atoms with van der Waals surface area (Å²) in [6.07, 6.45) is 0.741. The predicted octanol–water partition coefficient (Wildman–Crippen LogP) is 2.29. The van der Waals surface area contributed by atoms with Gasteiger partial charge in [-0.1, -0.05) is 18.2 Å². The fraction of sp³-hybridized carbons (Fsp3) is 0.462. The molecule has 1 saturated heterocycles. The number of hydrogen-bond acceptors (Lipinski definition) is 2. The molecule has 1 heterocycles. The van der Waals surface area contributed by atoms with Crippen LogP contribution >= 0.6 is 0 Å². The second kappa shape index (κ2) is 4.16. The lowest BCUT2D eigenvalue weighted by molar-refractivity contribution is -0.141. The fourth-order valence-electron chi connectivity index (χ4n) is 2.50. The minimum Gasteiger partial charge on any atom is -0.481 e. The maximum Gasteiger partial charge on any atom is 0.308 e. The van der Waals surface area contributed by atoms with E-state index >= 15 is 0 Å². The second-order valence-electron chi connectivity index (χ2n) is 4.45. The summed E-state index contributed by atoms with van der Waals surface area (Å²) in [5.41, 5.74) is 2.37.